The fourth-order valence-electron chi connectivity index (χ4n) is 1.65. The minimum atomic E-state index is -0.140. The van der Waals surface area contributed by atoms with Crippen LogP contribution in [0, 0.1) is 6.92 Å². The van der Waals surface area contributed by atoms with Gasteiger partial charge in [-0.1, -0.05) is 51.8 Å². The molecule has 0 aliphatic heterocycles. The van der Waals surface area contributed by atoms with Crippen molar-refractivity contribution >= 4 is 39.1 Å². The van der Waals surface area contributed by atoms with Crippen LogP contribution in [0.5, 0.6) is 0 Å². The van der Waals surface area contributed by atoms with Crippen molar-refractivity contribution in [2.45, 2.75) is 12.3 Å². The molecule has 17 heavy (non-hydrogen) atoms. The number of benzene rings is 2. The minimum absolute atomic E-state index is 0.140. The topological polar surface area (TPSA) is 0 Å². The average Bonchev–Trinajstić information content (AvgIpc) is 2.33. The summed E-state index contributed by atoms with van der Waals surface area (Å²) in [7, 11) is 0. The molecule has 2 aromatic rings. The summed E-state index contributed by atoms with van der Waals surface area (Å²) in [4.78, 5) is 0. The van der Waals surface area contributed by atoms with E-state index in [-0.39, 0.29) is 5.38 Å². The molecule has 0 saturated heterocycles. The molecule has 0 aliphatic rings. The van der Waals surface area contributed by atoms with Gasteiger partial charge in [0.15, 0.2) is 0 Å². The van der Waals surface area contributed by atoms with Gasteiger partial charge >= 0.3 is 0 Å². The Morgan fingerprint density at radius 1 is 1.00 bits per heavy atom. The van der Waals surface area contributed by atoms with Crippen molar-refractivity contribution in [3.05, 3.63) is 68.7 Å². The third-order valence-electron chi connectivity index (χ3n) is 2.64. The number of hydrogen-bond donors (Lipinski definition) is 0. The zero-order valence-electron chi connectivity index (χ0n) is 9.25. The first-order valence-corrected chi connectivity index (χ1v) is 6.84. The van der Waals surface area contributed by atoms with Gasteiger partial charge in [0.2, 0.25) is 0 Å². The quantitative estimate of drug-likeness (QED) is 0.616. The van der Waals surface area contributed by atoms with Gasteiger partial charge in [-0.3, -0.25) is 0 Å². The Bertz CT molecular complexity index is 520. The summed E-state index contributed by atoms with van der Waals surface area (Å²) in [5.41, 5.74) is 3.19. The molecule has 0 bridgehead atoms. The third-order valence-corrected chi connectivity index (χ3v) is 4.09. The first-order chi connectivity index (χ1) is 8.08. The smallest absolute Gasteiger partial charge is 0.0835 e. The van der Waals surface area contributed by atoms with Crippen LogP contribution in [0.3, 0.4) is 0 Å². The molecule has 0 fully saturated rings. The maximum atomic E-state index is 6.45. The van der Waals surface area contributed by atoms with Crippen molar-refractivity contribution in [2.75, 3.05) is 0 Å². The van der Waals surface area contributed by atoms with E-state index in [9.17, 15) is 0 Å². The van der Waals surface area contributed by atoms with Crippen LogP contribution in [-0.4, -0.2) is 0 Å². The highest BCUT2D eigenvalue weighted by Gasteiger charge is 2.11. The molecule has 0 amide bonds. The van der Waals surface area contributed by atoms with Gasteiger partial charge in [0, 0.05) is 9.50 Å². The molecule has 0 radical (unpaired) electrons. The van der Waals surface area contributed by atoms with Gasteiger partial charge in [-0.25, -0.2) is 0 Å². The first-order valence-electron chi connectivity index (χ1n) is 5.23. The largest absolute Gasteiger partial charge is 0.113 e. The molecule has 0 aliphatic carbocycles. The van der Waals surface area contributed by atoms with Gasteiger partial charge in [0.05, 0.1) is 5.38 Å². The Kier molecular flexibility index (Phi) is 4.13. The Hall–Kier alpha value is -0.500. The molecule has 0 N–H and O–H groups in total. The summed E-state index contributed by atoms with van der Waals surface area (Å²) < 4.78 is 1.05. The minimum Gasteiger partial charge on any atom is -0.113 e. The van der Waals surface area contributed by atoms with Crippen LogP contribution in [0.15, 0.2) is 46.9 Å². The van der Waals surface area contributed by atoms with Gasteiger partial charge in [-0.05, 0) is 41.8 Å². The Labute approximate surface area is 120 Å². The summed E-state index contributed by atoms with van der Waals surface area (Å²) in [5.74, 6) is 0. The monoisotopic (exact) mass is 328 g/mol. The Morgan fingerprint density at radius 3 is 2.18 bits per heavy atom. The molecule has 0 nitrogen and oxygen atoms in total. The van der Waals surface area contributed by atoms with E-state index in [2.05, 4.69) is 15.9 Å². The zero-order valence-corrected chi connectivity index (χ0v) is 12.4. The van der Waals surface area contributed by atoms with Crippen molar-refractivity contribution in [2.24, 2.45) is 0 Å². The molecular weight excluding hydrogens is 319 g/mol. The highest BCUT2D eigenvalue weighted by atomic mass is 79.9. The SMILES string of the molecule is Cc1cc(C(Cl)c2ccc(Br)cc2)ccc1Cl. The predicted octanol–water partition coefficient (Wildman–Crippen LogP) is 5.74. The summed E-state index contributed by atoms with van der Waals surface area (Å²) in [6, 6.07) is 13.9. The second kappa shape index (κ2) is 5.43. The fraction of sp³-hybridized carbons (Fsp3) is 0.143. The molecule has 0 aromatic heterocycles. The number of hydrogen-bond acceptors (Lipinski definition) is 0. The summed E-state index contributed by atoms with van der Waals surface area (Å²) in [6.45, 7) is 1.98. The van der Waals surface area contributed by atoms with Crippen molar-refractivity contribution in [1.29, 1.82) is 0 Å². The summed E-state index contributed by atoms with van der Waals surface area (Å²) >= 11 is 15.9. The van der Waals surface area contributed by atoms with E-state index in [1.807, 2.05) is 49.4 Å². The van der Waals surface area contributed by atoms with Crippen molar-refractivity contribution < 1.29 is 0 Å². The van der Waals surface area contributed by atoms with Crippen LogP contribution in [0.2, 0.25) is 5.02 Å². The van der Waals surface area contributed by atoms with Crippen LogP contribution in [-0.2, 0) is 0 Å². The zero-order chi connectivity index (χ0) is 12.4. The molecule has 0 heterocycles. The van der Waals surface area contributed by atoms with E-state index in [0.29, 0.717) is 0 Å². The molecule has 1 atom stereocenters. The molecule has 2 rings (SSSR count). The fourth-order valence-corrected chi connectivity index (χ4v) is 2.31. The molecular formula is C14H11BrCl2. The van der Waals surface area contributed by atoms with Crippen LogP contribution < -0.4 is 0 Å². The van der Waals surface area contributed by atoms with Gasteiger partial charge in [0.25, 0.3) is 0 Å². The van der Waals surface area contributed by atoms with Crippen LogP contribution >= 0.6 is 39.1 Å². The van der Waals surface area contributed by atoms with E-state index in [0.717, 1.165) is 26.2 Å². The average molecular weight is 330 g/mol. The summed E-state index contributed by atoms with van der Waals surface area (Å²) in [5, 5.41) is 0.632. The van der Waals surface area contributed by atoms with E-state index in [4.69, 9.17) is 23.2 Å². The van der Waals surface area contributed by atoms with E-state index < -0.39 is 0 Å². The third kappa shape index (κ3) is 3.04. The lowest BCUT2D eigenvalue weighted by molar-refractivity contribution is 1.13. The van der Waals surface area contributed by atoms with Crippen molar-refractivity contribution in [1.82, 2.24) is 0 Å². The first kappa shape index (κ1) is 12.9. The molecule has 0 saturated carbocycles. The van der Waals surface area contributed by atoms with E-state index >= 15 is 0 Å². The second-order valence-corrected chi connectivity index (χ2v) is 5.68. The standard InChI is InChI=1S/C14H11BrCl2/c1-9-8-11(4-7-13(9)16)14(17)10-2-5-12(15)6-3-10/h2-8,14H,1H3. The maximum Gasteiger partial charge on any atom is 0.0835 e. The van der Waals surface area contributed by atoms with Crippen LogP contribution in [0.25, 0.3) is 0 Å². The number of aryl methyl sites for hydroxylation is 1. The summed E-state index contributed by atoms with van der Waals surface area (Å²) in [6.07, 6.45) is 0. The van der Waals surface area contributed by atoms with Crippen molar-refractivity contribution in [3.8, 4) is 0 Å². The highest BCUT2D eigenvalue weighted by molar-refractivity contribution is 9.10. The maximum absolute atomic E-state index is 6.45. The lowest BCUT2D eigenvalue weighted by Crippen LogP contribution is -1.93. The Morgan fingerprint density at radius 2 is 1.59 bits per heavy atom. The predicted molar refractivity (Wildman–Crippen MR) is 78.0 cm³/mol. The normalized spacial score (nSPS) is 12.5. The lowest BCUT2D eigenvalue weighted by atomic mass is 10.0. The van der Waals surface area contributed by atoms with Gasteiger partial charge in [-0.2, -0.15) is 0 Å². The van der Waals surface area contributed by atoms with E-state index in [1.54, 1.807) is 0 Å². The highest BCUT2D eigenvalue weighted by Crippen LogP contribution is 2.31. The second-order valence-electron chi connectivity index (χ2n) is 3.92. The van der Waals surface area contributed by atoms with Crippen LogP contribution in [0.4, 0.5) is 0 Å². The molecule has 0 spiro atoms. The van der Waals surface area contributed by atoms with Gasteiger partial charge in [0.1, 0.15) is 0 Å². The van der Waals surface area contributed by atoms with Gasteiger partial charge < -0.3 is 0 Å². The number of rotatable bonds is 2. The molecule has 88 valence electrons. The van der Waals surface area contributed by atoms with Crippen LogP contribution in [0.1, 0.15) is 22.1 Å². The lowest BCUT2D eigenvalue weighted by Gasteiger charge is -2.11. The molecule has 3 heteroatoms. The van der Waals surface area contributed by atoms with Crippen molar-refractivity contribution in [3.63, 3.8) is 0 Å². The number of halogens is 3. The molecule has 1 unspecified atom stereocenters. The Balaban J connectivity index is 2.33. The van der Waals surface area contributed by atoms with Gasteiger partial charge in [-0.15, -0.1) is 11.6 Å². The van der Waals surface area contributed by atoms with E-state index in [1.165, 1.54) is 0 Å². The number of alkyl halides is 1. The molecule has 2 aromatic carbocycles.